The fourth-order valence-corrected chi connectivity index (χ4v) is 2.80. The third-order valence-electron chi connectivity index (χ3n) is 3.87. The van der Waals surface area contributed by atoms with Crippen LogP contribution >= 0.6 is 0 Å². The average Bonchev–Trinajstić information content (AvgIpc) is 2.40. The Hall–Kier alpha value is -1.62. The average molecular weight is 309 g/mol. The molecule has 4 nitrogen and oxygen atoms in total. The van der Waals surface area contributed by atoms with Gasteiger partial charge < -0.3 is 14.7 Å². The van der Waals surface area contributed by atoms with Crippen molar-refractivity contribution in [1.82, 2.24) is 4.90 Å². The van der Waals surface area contributed by atoms with Crippen LogP contribution in [-0.2, 0) is 4.74 Å². The van der Waals surface area contributed by atoms with Crippen LogP contribution in [0.25, 0.3) is 0 Å². The van der Waals surface area contributed by atoms with Gasteiger partial charge in [0.1, 0.15) is 11.4 Å². The first-order valence-electron chi connectivity index (χ1n) is 7.59. The van der Waals surface area contributed by atoms with Gasteiger partial charge >= 0.3 is 6.09 Å². The van der Waals surface area contributed by atoms with E-state index in [4.69, 9.17) is 4.74 Å². The second-order valence-corrected chi connectivity index (χ2v) is 6.89. The van der Waals surface area contributed by atoms with E-state index in [1.54, 1.807) is 6.07 Å². The van der Waals surface area contributed by atoms with E-state index in [1.807, 2.05) is 27.7 Å². The van der Waals surface area contributed by atoms with Crippen molar-refractivity contribution in [3.63, 3.8) is 0 Å². The summed E-state index contributed by atoms with van der Waals surface area (Å²) in [7, 11) is 0. The van der Waals surface area contributed by atoms with Gasteiger partial charge in [-0.1, -0.05) is 6.07 Å². The highest BCUT2D eigenvalue weighted by Crippen LogP contribution is 2.31. The molecule has 1 aliphatic rings. The Kier molecular flexibility index (Phi) is 4.75. The fraction of sp³-hybridized carbons (Fsp3) is 0.588. The van der Waals surface area contributed by atoms with E-state index < -0.39 is 17.8 Å². The second kappa shape index (κ2) is 6.24. The summed E-state index contributed by atoms with van der Waals surface area (Å²) in [5.74, 6) is -0.461. The van der Waals surface area contributed by atoms with Crippen molar-refractivity contribution < 1.29 is 19.0 Å². The molecule has 1 aliphatic heterocycles. The number of benzene rings is 1. The van der Waals surface area contributed by atoms with E-state index in [1.165, 1.54) is 17.0 Å². The number of likely N-dealkylation sites (tertiary alicyclic amines) is 1. The van der Waals surface area contributed by atoms with Gasteiger partial charge in [-0.05, 0) is 57.4 Å². The summed E-state index contributed by atoms with van der Waals surface area (Å²) in [5.41, 5.74) is 1.21. The smallest absolute Gasteiger partial charge is 0.410 e. The maximum Gasteiger partial charge on any atom is 0.410 e. The quantitative estimate of drug-likeness (QED) is 0.866. The van der Waals surface area contributed by atoms with Crippen molar-refractivity contribution in [2.75, 3.05) is 13.1 Å². The summed E-state index contributed by atoms with van der Waals surface area (Å²) in [4.78, 5) is 13.6. The minimum atomic E-state index is -0.721. The third kappa shape index (κ3) is 3.97. The standard InChI is InChI=1S/C17H24FNO3/c1-11-5-6-12(18)9-14(11)13-7-8-19(10-15(13)20)16(21)22-17(2,3)4/h5-6,9,13,15,20H,7-8,10H2,1-4H3/t13-,15+/m1/s1. The number of ether oxygens (including phenoxy) is 1. The third-order valence-corrected chi connectivity index (χ3v) is 3.87. The highest BCUT2D eigenvalue weighted by molar-refractivity contribution is 5.68. The molecule has 1 saturated heterocycles. The van der Waals surface area contributed by atoms with Gasteiger partial charge in [-0.3, -0.25) is 0 Å². The molecule has 122 valence electrons. The van der Waals surface area contributed by atoms with Crippen LogP contribution in [0.5, 0.6) is 0 Å². The Labute approximate surface area is 130 Å². The number of aryl methyl sites for hydroxylation is 1. The first-order chi connectivity index (χ1) is 10.2. The predicted octanol–water partition coefficient (Wildman–Crippen LogP) is 3.22. The minimum Gasteiger partial charge on any atom is -0.444 e. The lowest BCUT2D eigenvalue weighted by molar-refractivity contribution is -0.00159. The van der Waals surface area contributed by atoms with Crippen LogP contribution in [0.2, 0.25) is 0 Å². The number of carbonyl (C=O) groups is 1. The van der Waals surface area contributed by atoms with Crippen molar-refractivity contribution >= 4 is 6.09 Å². The Morgan fingerprint density at radius 2 is 2.09 bits per heavy atom. The first-order valence-corrected chi connectivity index (χ1v) is 7.59. The van der Waals surface area contributed by atoms with Crippen molar-refractivity contribution in [3.05, 3.63) is 35.1 Å². The van der Waals surface area contributed by atoms with E-state index >= 15 is 0 Å². The highest BCUT2D eigenvalue weighted by atomic mass is 19.1. The SMILES string of the molecule is Cc1ccc(F)cc1[C@H]1CCN(C(=O)OC(C)(C)C)C[C@@H]1O. The summed E-state index contributed by atoms with van der Waals surface area (Å²) >= 11 is 0. The van der Waals surface area contributed by atoms with E-state index in [0.717, 1.165) is 11.1 Å². The predicted molar refractivity (Wildman–Crippen MR) is 82.3 cm³/mol. The van der Waals surface area contributed by atoms with Gasteiger partial charge in [0, 0.05) is 12.5 Å². The molecule has 5 heteroatoms. The lowest BCUT2D eigenvalue weighted by Gasteiger charge is -2.37. The maximum atomic E-state index is 13.5. The zero-order valence-electron chi connectivity index (χ0n) is 13.6. The number of β-amino-alcohol motifs (C(OH)–C–C–N with tert-alkyl or cyclic N) is 1. The van der Waals surface area contributed by atoms with Crippen LogP contribution in [0.1, 0.15) is 44.2 Å². The van der Waals surface area contributed by atoms with Crippen molar-refractivity contribution in [1.29, 1.82) is 0 Å². The number of halogens is 1. The normalized spacial score (nSPS) is 22.5. The molecule has 1 fully saturated rings. The lowest BCUT2D eigenvalue weighted by atomic mass is 9.85. The molecule has 0 unspecified atom stereocenters. The molecular formula is C17H24FNO3. The summed E-state index contributed by atoms with van der Waals surface area (Å²) in [6.07, 6.45) is -0.548. The molecule has 0 bridgehead atoms. The number of aliphatic hydroxyl groups is 1. The summed E-state index contributed by atoms with van der Waals surface area (Å²) < 4.78 is 18.8. The maximum absolute atomic E-state index is 13.5. The number of hydrogen-bond donors (Lipinski definition) is 1. The molecule has 1 aromatic rings. The van der Waals surface area contributed by atoms with Crippen molar-refractivity contribution in [2.45, 2.75) is 51.7 Å². The van der Waals surface area contributed by atoms with E-state index in [-0.39, 0.29) is 18.3 Å². The molecule has 0 spiro atoms. The molecule has 0 aromatic heterocycles. The van der Waals surface area contributed by atoms with Gasteiger partial charge in [0.2, 0.25) is 0 Å². The van der Waals surface area contributed by atoms with Gasteiger partial charge in [0.15, 0.2) is 0 Å². The van der Waals surface area contributed by atoms with Gasteiger partial charge in [0.25, 0.3) is 0 Å². The molecule has 1 N–H and O–H groups in total. The molecule has 0 radical (unpaired) electrons. The molecule has 22 heavy (non-hydrogen) atoms. The summed E-state index contributed by atoms with van der Waals surface area (Å²) in [6.45, 7) is 8.03. The zero-order valence-corrected chi connectivity index (χ0v) is 13.6. The Morgan fingerprint density at radius 1 is 1.41 bits per heavy atom. The molecule has 2 rings (SSSR count). The number of hydrogen-bond acceptors (Lipinski definition) is 3. The van der Waals surface area contributed by atoms with E-state index in [0.29, 0.717) is 13.0 Å². The van der Waals surface area contributed by atoms with Gasteiger partial charge in [-0.15, -0.1) is 0 Å². The molecule has 0 aliphatic carbocycles. The highest BCUT2D eigenvalue weighted by Gasteiger charge is 2.33. The largest absolute Gasteiger partial charge is 0.444 e. The van der Waals surface area contributed by atoms with Crippen molar-refractivity contribution in [3.8, 4) is 0 Å². The van der Waals surface area contributed by atoms with Crippen LogP contribution in [0.3, 0.4) is 0 Å². The van der Waals surface area contributed by atoms with E-state index in [9.17, 15) is 14.3 Å². The monoisotopic (exact) mass is 309 g/mol. The lowest BCUT2D eigenvalue weighted by Crippen LogP contribution is -2.47. The molecule has 0 saturated carbocycles. The molecule has 1 amide bonds. The van der Waals surface area contributed by atoms with Crippen LogP contribution in [-0.4, -0.2) is 40.9 Å². The summed E-state index contributed by atoms with van der Waals surface area (Å²) in [6, 6.07) is 4.62. The van der Waals surface area contributed by atoms with Crippen LogP contribution in [0.4, 0.5) is 9.18 Å². The number of aliphatic hydroxyl groups excluding tert-OH is 1. The fourth-order valence-electron chi connectivity index (χ4n) is 2.80. The number of piperidine rings is 1. The second-order valence-electron chi connectivity index (χ2n) is 6.89. The molecule has 1 heterocycles. The minimum absolute atomic E-state index is 0.158. The van der Waals surface area contributed by atoms with Crippen LogP contribution < -0.4 is 0 Å². The van der Waals surface area contributed by atoms with E-state index in [2.05, 4.69) is 0 Å². The Bertz CT molecular complexity index is 553. The van der Waals surface area contributed by atoms with Gasteiger partial charge in [-0.2, -0.15) is 0 Å². The zero-order chi connectivity index (χ0) is 16.5. The van der Waals surface area contributed by atoms with Crippen LogP contribution in [0, 0.1) is 12.7 Å². The molecule has 1 aromatic carbocycles. The van der Waals surface area contributed by atoms with Crippen LogP contribution in [0.15, 0.2) is 18.2 Å². The van der Waals surface area contributed by atoms with Gasteiger partial charge in [-0.25, -0.2) is 9.18 Å². The molecular weight excluding hydrogens is 285 g/mol. The number of nitrogens with zero attached hydrogens (tertiary/aromatic N) is 1. The Morgan fingerprint density at radius 3 is 2.68 bits per heavy atom. The topological polar surface area (TPSA) is 49.8 Å². The van der Waals surface area contributed by atoms with Crippen molar-refractivity contribution in [2.24, 2.45) is 0 Å². The summed E-state index contributed by atoms with van der Waals surface area (Å²) in [5, 5.41) is 10.4. The van der Waals surface area contributed by atoms with Gasteiger partial charge in [0.05, 0.1) is 12.6 Å². The Balaban J connectivity index is 2.07. The number of rotatable bonds is 1. The number of carbonyl (C=O) groups excluding carboxylic acids is 1. The molecule has 2 atom stereocenters. The first kappa shape index (κ1) is 16.7. The number of amides is 1.